The molecule has 0 unspecified atom stereocenters. The van der Waals surface area contributed by atoms with Crippen molar-refractivity contribution in [1.82, 2.24) is 4.98 Å². The van der Waals surface area contributed by atoms with Gasteiger partial charge in [0.15, 0.2) is 0 Å². The fourth-order valence-corrected chi connectivity index (χ4v) is 7.85. The Hall–Kier alpha value is -4.17. The van der Waals surface area contributed by atoms with Gasteiger partial charge in [0.25, 0.3) is 0 Å². The highest BCUT2D eigenvalue weighted by atomic mass is 79.9. The molecule has 48 heavy (non-hydrogen) atoms. The van der Waals surface area contributed by atoms with E-state index in [9.17, 15) is 5.11 Å². The second kappa shape index (κ2) is 14.9. The molecule has 0 aliphatic carbocycles. The molecule has 1 N–H and O–H groups in total. The number of rotatable bonds is 12. The molecule has 1 aromatic heterocycles. The molecule has 7 heteroatoms. The lowest BCUT2D eigenvalue weighted by Gasteiger charge is -2.58. The lowest BCUT2D eigenvalue weighted by molar-refractivity contribution is -0.984. The van der Waals surface area contributed by atoms with Gasteiger partial charge in [-0.25, -0.2) is 0 Å². The van der Waals surface area contributed by atoms with Crippen molar-refractivity contribution in [2.75, 3.05) is 20.2 Å². The van der Waals surface area contributed by atoms with Crippen LogP contribution in [0, 0.1) is 11.8 Å². The molecule has 3 saturated heterocycles. The van der Waals surface area contributed by atoms with E-state index in [1.807, 2.05) is 72.9 Å². The molecule has 248 valence electrons. The Kier molecular flexibility index (Phi) is 10.5. The van der Waals surface area contributed by atoms with E-state index in [2.05, 4.69) is 54.0 Å². The van der Waals surface area contributed by atoms with E-state index in [-0.39, 0.29) is 23.0 Å². The van der Waals surface area contributed by atoms with Gasteiger partial charge in [-0.15, -0.1) is 6.58 Å². The van der Waals surface area contributed by atoms with Crippen LogP contribution < -0.4 is 31.2 Å². The SMILES string of the molecule is C=C[C@H]1C[N@@+]2(Cc3cc(OCc4ccccc4)cc(OCc4ccccc4)c3)CC[C@@H]1C[C@H]2[C@H](O)c1ccnc2ccc(OC)cc12.[Br-]. The highest BCUT2D eigenvalue weighted by Gasteiger charge is 2.54. The third-order valence-corrected chi connectivity index (χ3v) is 10.3. The average molecular weight is 708 g/mol. The summed E-state index contributed by atoms with van der Waals surface area (Å²) in [5, 5.41) is 13.2. The number of aliphatic hydroxyl groups is 1. The molecule has 8 rings (SSSR count). The van der Waals surface area contributed by atoms with Crippen LogP contribution in [0.2, 0.25) is 0 Å². The summed E-state index contributed by atoms with van der Waals surface area (Å²) in [5.74, 6) is 3.25. The quantitative estimate of drug-likeness (QED) is 0.145. The van der Waals surface area contributed by atoms with E-state index >= 15 is 0 Å². The minimum Gasteiger partial charge on any atom is -1.00 e. The molecule has 0 radical (unpaired) electrons. The van der Waals surface area contributed by atoms with E-state index in [0.717, 1.165) is 87.4 Å². The second-order valence-electron chi connectivity index (χ2n) is 13.1. The molecule has 2 bridgehead atoms. The van der Waals surface area contributed by atoms with Gasteiger partial charge in [0.2, 0.25) is 0 Å². The Morgan fingerprint density at radius 1 is 0.854 bits per heavy atom. The molecular formula is C41H43BrN2O4. The van der Waals surface area contributed by atoms with E-state index in [1.165, 1.54) is 0 Å². The van der Waals surface area contributed by atoms with Gasteiger partial charge in [-0.3, -0.25) is 4.98 Å². The number of hydrogen-bond acceptors (Lipinski definition) is 5. The van der Waals surface area contributed by atoms with Crippen molar-refractivity contribution in [2.45, 2.75) is 44.7 Å². The summed E-state index contributed by atoms with van der Waals surface area (Å²) in [6.45, 7) is 7.88. The number of aliphatic hydroxyl groups excluding tert-OH is 1. The van der Waals surface area contributed by atoms with Crippen LogP contribution in [0.4, 0.5) is 0 Å². The maximum Gasteiger partial charge on any atom is 0.131 e. The summed E-state index contributed by atoms with van der Waals surface area (Å²) < 4.78 is 19.1. The van der Waals surface area contributed by atoms with Gasteiger partial charge in [-0.05, 0) is 59.0 Å². The Labute approximate surface area is 294 Å². The molecule has 5 aromatic rings. The number of benzene rings is 4. The van der Waals surface area contributed by atoms with Crippen LogP contribution in [-0.4, -0.2) is 40.8 Å². The van der Waals surface area contributed by atoms with Gasteiger partial charge in [0.1, 0.15) is 49.2 Å². The Morgan fingerprint density at radius 3 is 2.15 bits per heavy atom. The Morgan fingerprint density at radius 2 is 1.52 bits per heavy atom. The molecule has 4 aromatic carbocycles. The number of fused-ring (bicyclic) bond motifs is 4. The first-order chi connectivity index (χ1) is 23.0. The van der Waals surface area contributed by atoms with E-state index in [1.54, 1.807) is 7.11 Å². The molecule has 4 heterocycles. The first kappa shape index (κ1) is 33.7. The fraction of sp³-hybridized carbons (Fsp3) is 0.293. The van der Waals surface area contributed by atoms with Crippen LogP contribution in [0.25, 0.3) is 10.9 Å². The molecule has 3 aliphatic rings. The van der Waals surface area contributed by atoms with Gasteiger partial charge in [0.05, 0.1) is 25.7 Å². The molecule has 3 fully saturated rings. The lowest BCUT2D eigenvalue weighted by atomic mass is 9.71. The van der Waals surface area contributed by atoms with Crippen LogP contribution >= 0.6 is 0 Å². The normalized spacial score (nSPS) is 22.0. The molecule has 3 aliphatic heterocycles. The zero-order valence-electron chi connectivity index (χ0n) is 27.4. The third-order valence-electron chi connectivity index (χ3n) is 10.3. The van der Waals surface area contributed by atoms with Crippen molar-refractivity contribution >= 4 is 10.9 Å². The van der Waals surface area contributed by atoms with Gasteiger partial charge in [-0.2, -0.15) is 0 Å². The van der Waals surface area contributed by atoms with Crippen LogP contribution in [0.5, 0.6) is 17.2 Å². The number of piperidine rings is 3. The minimum atomic E-state index is -0.660. The maximum atomic E-state index is 12.3. The Bertz CT molecular complexity index is 1770. The minimum absolute atomic E-state index is 0. The monoisotopic (exact) mass is 706 g/mol. The van der Waals surface area contributed by atoms with Crippen LogP contribution in [0.1, 0.15) is 41.2 Å². The average Bonchev–Trinajstić information content (AvgIpc) is 3.13. The molecule has 0 amide bonds. The number of methoxy groups -OCH3 is 1. The number of ether oxygens (including phenoxy) is 3. The number of hydrogen-bond donors (Lipinski definition) is 1. The van der Waals surface area contributed by atoms with Crippen LogP contribution in [-0.2, 0) is 19.8 Å². The molecule has 0 saturated carbocycles. The topological polar surface area (TPSA) is 60.8 Å². The van der Waals surface area contributed by atoms with Crippen molar-refractivity contribution in [3.8, 4) is 17.2 Å². The smallest absolute Gasteiger partial charge is 0.131 e. The van der Waals surface area contributed by atoms with Crippen LogP contribution in [0.15, 0.2) is 122 Å². The highest BCUT2D eigenvalue weighted by Crippen LogP contribution is 2.48. The fourth-order valence-electron chi connectivity index (χ4n) is 7.85. The number of halogens is 1. The van der Waals surface area contributed by atoms with Crippen molar-refractivity contribution in [3.05, 3.63) is 144 Å². The number of quaternary nitrogens is 1. The largest absolute Gasteiger partial charge is 1.00 e. The van der Waals surface area contributed by atoms with E-state index < -0.39 is 6.10 Å². The molecule has 0 spiro atoms. The predicted octanol–water partition coefficient (Wildman–Crippen LogP) is 5.05. The summed E-state index contributed by atoms with van der Waals surface area (Å²) in [4.78, 5) is 4.59. The molecule has 6 nitrogen and oxygen atoms in total. The van der Waals surface area contributed by atoms with Gasteiger partial charge < -0.3 is 40.8 Å². The standard InChI is InChI=1S/C41H43N2O4.BrH/c1-3-32-26-43(19-17-33(32)22-40(43)41(44)37-16-18-42-39-15-14-34(45-2)24-38(37)39)25-31-20-35(46-27-29-10-6-4-7-11-29)23-36(21-31)47-28-30-12-8-5-9-13-30;/h3-16,18,20-21,23-24,32-33,40-41,44H,1,17,19,22,25-28H2,2H3;1H/q+1;/p-1/t32-,33+,40-,41+,43-;/m0./s1. The van der Waals surface area contributed by atoms with Gasteiger partial charge >= 0.3 is 0 Å². The summed E-state index contributed by atoms with van der Waals surface area (Å²) in [5.41, 5.74) is 5.13. The lowest BCUT2D eigenvalue weighted by Crippen LogP contribution is -3.00. The highest BCUT2D eigenvalue weighted by molar-refractivity contribution is 5.84. The summed E-state index contributed by atoms with van der Waals surface area (Å²) in [6.07, 6.45) is 5.34. The predicted molar refractivity (Wildman–Crippen MR) is 185 cm³/mol. The van der Waals surface area contributed by atoms with E-state index in [0.29, 0.717) is 25.0 Å². The zero-order chi connectivity index (χ0) is 32.2. The van der Waals surface area contributed by atoms with Crippen LogP contribution in [0.3, 0.4) is 0 Å². The van der Waals surface area contributed by atoms with E-state index in [4.69, 9.17) is 14.2 Å². The number of aromatic nitrogens is 1. The van der Waals surface area contributed by atoms with Crippen molar-refractivity contribution < 1.29 is 40.8 Å². The molecular weight excluding hydrogens is 664 g/mol. The summed E-state index contributed by atoms with van der Waals surface area (Å²) >= 11 is 0. The second-order valence-corrected chi connectivity index (χ2v) is 13.1. The number of nitrogens with zero attached hydrogens (tertiary/aromatic N) is 2. The first-order valence-electron chi connectivity index (χ1n) is 16.6. The molecule has 5 atom stereocenters. The summed E-state index contributed by atoms with van der Waals surface area (Å²) in [7, 11) is 1.67. The van der Waals surface area contributed by atoms with Gasteiger partial charge in [-0.1, -0.05) is 66.7 Å². The summed E-state index contributed by atoms with van der Waals surface area (Å²) in [6, 6.07) is 34.6. The van der Waals surface area contributed by atoms with Crippen molar-refractivity contribution in [3.63, 3.8) is 0 Å². The zero-order valence-corrected chi connectivity index (χ0v) is 29.0. The van der Waals surface area contributed by atoms with Crippen molar-refractivity contribution in [2.24, 2.45) is 11.8 Å². The maximum absolute atomic E-state index is 12.3. The van der Waals surface area contributed by atoms with Crippen molar-refractivity contribution in [1.29, 1.82) is 0 Å². The third kappa shape index (κ3) is 7.14. The number of pyridine rings is 1. The van der Waals surface area contributed by atoms with Gasteiger partial charge in [0, 0.05) is 42.0 Å². The Balaban J connectivity index is 0.00000401. The first-order valence-corrected chi connectivity index (χ1v) is 16.6.